The van der Waals surface area contributed by atoms with Crippen molar-refractivity contribution in [3.8, 4) is 0 Å². The summed E-state index contributed by atoms with van der Waals surface area (Å²) in [6, 6.07) is 5.91. The quantitative estimate of drug-likeness (QED) is 0.143. The lowest BCUT2D eigenvalue weighted by molar-refractivity contribution is -0.134. The van der Waals surface area contributed by atoms with Gasteiger partial charge in [-0.05, 0) is 62.1 Å². The molecular weight excluding hydrogens is 554 g/mol. The molecule has 0 aliphatic heterocycles. The Labute approximate surface area is 255 Å². The number of hydrogen-bond acceptors (Lipinski definition) is 7. The molecule has 0 fully saturated rings. The number of unbranched alkanes of at least 4 members (excludes halogenated alkanes) is 1. The standard InChI is InChI=1S/C31H51N5O5S/c1-20(2)18-26(35-29(39)25(15-17-42-6)33-22(5)37)30(40)36-27(19-23-12-8-7-9-13-23)31(41)34-24(14-10-11-16-32)28(38)21(3)4/h7-9,12-13,20-21,24-27H,10-11,14-19,32H2,1-6H3,(H,33,37)(H,34,41)(H,35,39)(H,36,40)/t24-,25-,26-,27-/m0/s1. The van der Waals surface area contributed by atoms with Crippen LogP contribution in [0.1, 0.15) is 72.3 Å². The lowest BCUT2D eigenvalue weighted by atomic mass is 9.96. The monoisotopic (exact) mass is 605 g/mol. The van der Waals surface area contributed by atoms with Crippen molar-refractivity contribution in [2.75, 3.05) is 18.6 Å². The zero-order valence-corrected chi connectivity index (χ0v) is 26.9. The summed E-state index contributed by atoms with van der Waals surface area (Å²) in [5.74, 6) is -1.40. The van der Waals surface area contributed by atoms with Crippen LogP contribution in [0.2, 0.25) is 0 Å². The van der Waals surface area contributed by atoms with Crippen molar-refractivity contribution in [1.82, 2.24) is 21.3 Å². The highest BCUT2D eigenvalue weighted by molar-refractivity contribution is 7.98. The summed E-state index contributed by atoms with van der Waals surface area (Å²) in [5.41, 5.74) is 6.47. The molecular formula is C31H51N5O5S. The molecule has 0 heterocycles. The van der Waals surface area contributed by atoms with Gasteiger partial charge in [0.15, 0.2) is 5.78 Å². The molecule has 4 amide bonds. The number of carbonyl (C=O) groups is 5. The fourth-order valence-electron chi connectivity index (χ4n) is 4.51. The Balaban J connectivity index is 3.22. The van der Waals surface area contributed by atoms with Gasteiger partial charge < -0.3 is 27.0 Å². The number of nitrogens with one attached hydrogen (secondary N) is 4. The van der Waals surface area contributed by atoms with E-state index in [0.717, 1.165) is 12.0 Å². The molecule has 236 valence electrons. The van der Waals surface area contributed by atoms with Crippen LogP contribution in [0.3, 0.4) is 0 Å². The first-order chi connectivity index (χ1) is 19.9. The molecule has 10 nitrogen and oxygen atoms in total. The van der Waals surface area contributed by atoms with E-state index < -0.39 is 41.9 Å². The van der Waals surface area contributed by atoms with Crippen molar-refractivity contribution in [2.24, 2.45) is 17.6 Å². The number of amides is 4. The van der Waals surface area contributed by atoms with Gasteiger partial charge in [-0.2, -0.15) is 11.8 Å². The maximum atomic E-state index is 13.6. The van der Waals surface area contributed by atoms with Crippen LogP contribution in [0.4, 0.5) is 0 Å². The number of thioether (sulfide) groups is 1. The number of ketones is 1. The molecule has 42 heavy (non-hydrogen) atoms. The molecule has 0 bridgehead atoms. The SMILES string of the molecule is CSCC[C@H](NC(C)=O)C(=O)N[C@@H](CC(C)C)C(=O)N[C@@H](Cc1ccccc1)C(=O)N[C@@H](CCCCN)C(=O)C(C)C. The number of hydrogen-bond donors (Lipinski definition) is 5. The Morgan fingerprint density at radius 3 is 1.88 bits per heavy atom. The van der Waals surface area contributed by atoms with Crippen molar-refractivity contribution in [2.45, 2.75) is 97.3 Å². The van der Waals surface area contributed by atoms with E-state index in [9.17, 15) is 24.0 Å². The predicted octanol–water partition coefficient (Wildman–Crippen LogP) is 2.34. The number of Topliss-reactive ketones (excluding diaryl/α,β-unsaturated/α-hetero) is 1. The Hall–Kier alpha value is -2.92. The average molecular weight is 606 g/mol. The molecule has 0 aliphatic rings. The fourth-order valence-corrected chi connectivity index (χ4v) is 4.98. The summed E-state index contributed by atoms with van der Waals surface area (Å²) in [5, 5.41) is 11.2. The Kier molecular flexibility index (Phi) is 17.7. The number of nitrogens with two attached hydrogens (primary N) is 1. The van der Waals surface area contributed by atoms with Crippen LogP contribution < -0.4 is 27.0 Å². The van der Waals surface area contributed by atoms with Crippen LogP contribution in [0.25, 0.3) is 0 Å². The van der Waals surface area contributed by atoms with Crippen LogP contribution in [-0.4, -0.2) is 72.1 Å². The molecule has 0 saturated carbocycles. The lowest BCUT2D eigenvalue weighted by Gasteiger charge is -2.27. The van der Waals surface area contributed by atoms with Gasteiger partial charge in [-0.25, -0.2) is 0 Å². The number of benzene rings is 1. The van der Waals surface area contributed by atoms with Gasteiger partial charge in [0.2, 0.25) is 23.6 Å². The van der Waals surface area contributed by atoms with Crippen LogP contribution in [0, 0.1) is 11.8 Å². The first kappa shape index (κ1) is 37.1. The van der Waals surface area contributed by atoms with Crippen LogP contribution in [0.5, 0.6) is 0 Å². The van der Waals surface area contributed by atoms with E-state index in [-0.39, 0.29) is 29.9 Å². The van der Waals surface area contributed by atoms with E-state index in [1.165, 1.54) is 6.92 Å². The minimum Gasteiger partial charge on any atom is -0.345 e. The molecule has 0 aliphatic carbocycles. The summed E-state index contributed by atoms with van der Waals surface area (Å²) < 4.78 is 0. The van der Waals surface area contributed by atoms with Crippen molar-refractivity contribution >= 4 is 41.2 Å². The van der Waals surface area contributed by atoms with E-state index in [4.69, 9.17) is 5.73 Å². The van der Waals surface area contributed by atoms with Gasteiger partial charge in [0.1, 0.15) is 18.1 Å². The van der Waals surface area contributed by atoms with Gasteiger partial charge >= 0.3 is 0 Å². The third-order valence-electron chi connectivity index (χ3n) is 6.74. The fraction of sp³-hybridized carbons (Fsp3) is 0.645. The second kappa shape index (κ2) is 20.1. The molecule has 11 heteroatoms. The maximum Gasteiger partial charge on any atom is 0.243 e. The average Bonchev–Trinajstić information content (AvgIpc) is 2.93. The van der Waals surface area contributed by atoms with Gasteiger partial charge in [0.05, 0.1) is 6.04 Å². The summed E-state index contributed by atoms with van der Waals surface area (Å²) in [7, 11) is 0. The van der Waals surface area contributed by atoms with Gasteiger partial charge in [0, 0.05) is 19.3 Å². The smallest absolute Gasteiger partial charge is 0.243 e. The minimum absolute atomic E-state index is 0.0588. The number of carbonyl (C=O) groups excluding carboxylic acids is 5. The molecule has 0 saturated heterocycles. The van der Waals surface area contributed by atoms with Crippen molar-refractivity contribution in [1.29, 1.82) is 0 Å². The topological polar surface area (TPSA) is 159 Å². The number of rotatable bonds is 20. The molecule has 6 N–H and O–H groups in total. The molecule has 1 aromatic rings. The van der Waals surface area contributed by atoms with Crippen molar-refractivity contribution < 1.29 is 24.0 Å². The summed E-state index contributed by atoms with van der Waals surface area (Å²) in [6.07, 6.45) is 4.73. The Bertz CT molecular complexity index is 1000. The summed E-state index contributed by atoms with van der Waals surface area (Å²) >= 11 is 1.55. The molecule has 4 atom stereocenters. The van der Waals surface area contributed by atoms with E-state index in [0.29, 0.717) is 38.0 Å². The van der Waals surface area contributed by atoms with E-state index in [1.54, 1.807) is 25.6 Å². The van der Waals surface area contributed by atoms with Gasteiger partial charge in [-0.3, -0.25) is 24.0 Å². The van der Waals surface area contributed by atoms with Crippen LogP contribution in [-0.2, 0) is 30.4 Å². The highest BCUT2D eigenvalue weighted by Crippen LogP contribution is 2.12. The Morgan fingerprint density at radius 2 is 1.33 bits per heavy atom. The zero-order valence-electron chi connectivity index (χ0n) is 26.0. The van der Waals surface area contributed by atoms with Crippen LogP contribution in [0.15, 0.2) is 30.3 Å². The van der Waals surface area contributed by atoms with Crippen molar-refractivity contribution in [3.63, 3.8) is 0 Å². The van der Waals surface area contributed by atoms with Gasteiger partial charge in [0.25, 0.3) is 0 Å². The first-order valence-electron chi connectivity index (χ1n) is 14.8. The Morgan fingerprint density at radius 1 is 0.762 bits per heavy atom. The third kappa shape index (κ3) is 14.3. The van der Waals surface area contributed by atoms with Crippen molar-refractivity contribution in [3.05, 3.63) is 35.9 Å². The summed E-state index contributed by atoms with van der Waals surface area (Å²) in [4.78, 5) is 65.1. The predicted molar refractivity (Wildman–Crippen MR) is 169 cm³/mol. The normalized spacial score (nSPS) is 14.0. The van der Waals surface area contributed by atoms with E-state index >= 15 is 0 Å². The summed E-state index contributed by atoms with van der Waals surface area (Å²) in [6.45, 7) is 9.29. The van der Waals surface area contributed by atoms with Gasteiger partial charge in [-0.1, -0.05) is 58.0 Å². The lowest BCUT2D eigenvalue weighted by Crippen LogP contribution is -2.58. The highest BCUT2D eigenvalue weighted by atomic mass is 32.2. The maximum absolute atomic E-state index is 13.6. The third-order valence-corrected chi connectivity index (χ3v) is 7.38. The van der Waals surface area contributed by atoms with E-state index in [2.05, 4.69) is 21.3 Å². The van der Waals surface area contributed by atoms with Crippen LogP contribution >= 0.6 is 11.8 Å². The largest absolute Gasteiger partial charge is 0.345 e. The van der Waals surface area contributed by atoms with E-state index in [1.807, 2.05) is 50.4 Å². The molecule has 1 rings (SSSR count). The minimum atomic E-state index is -0.980. The second-order valence-corrected chi connectivity index (χ2v) is 12.4. The molecule has 0 spiro atoms. The molecule has 0 aromatic heterocycles. The van der Waals surface area contributed by atoms with Gasteiger partial charge in [-0.15, -0.1) is 0 Å². The molecule has 0 radical (unpaired) electrons. The first-order valence-corrected chi connectivity index (χ1v) is 16.2. The zero-order chi connectivity index (χ0) is 31.7. The molecule has 1 aromatic carbocycles. The second-order valence-electron chi connectivity index (χ2n) is 11.4. The highest BCUT2D eigenvalue weighted by Gasteiger charge is 2.32. The molecule has 0 unspecified atom stereocenters.